The molecule has 0 aliphatic carbocycles. The fraction of sp³-hybridized carbons (Fsp3) is 0.562. The van der Waals surface area contributed by atoms with Gasteiger partial charge in [-0.2, -0.15) is 5.10 Å². The van der Waals surface area contributed by atoms with Crippen LogP contribution < -0.4 is 5.73 Å². The van der Waals surface area contributed by atoms with Gasteiger partial charge in [-0.05, 0) is 62.8 Å². The monoisotopic (exact) mass is 273 g/mol. The van der Waals surface area contributed by atoms with Gasteiger partial charge >= 0.3 is 0 Å². The lowest BCUT2D eigenvalue weighted by Gasteiger charge is -2.23. The Morgan fingerprint density at radius 2 is 2.25 bits per heavy atom. The summed E-state index contributed by atoms with van der Waals surface area (Å²) in [4.78, 5) is 0. The highest BCUT2D eigenvalue weighted by Crippen LogP contribution is 2.26. The summed E-state index contributed by atoms with van der Waals surface area (Å²) < 4.78 is 7.87. The summed E-state index contributed by atoms with van der Waals surface area (Å²) in [6.07, 6.45) is 8.87. The van der Waals surface area contributed by atoms with Crippen molar-refractivity contribution < 1.29 is 4.74 Å². The topological polar surface area (TPSA) is 53.1 Å². The number of unbranched alkanes of at least 4 members (excludes halogenated alkanes) is 1. The molecule has 2 N–H and O–H groups in total. The molecular weight excluding hydrogens is 250 g/mol. The van der Waals surface area contributed by atoms with E-state index < -0.39 is 0 Å². The molecule has 0 radical (unpaired) electrons. The van der Waals surface area contributed by atoms with Crippen molar-refractivity contribution in [1.29, 1.82) is 0 Å². The Hall–Kier alpha value is -1.39. The normalized spacial score (nSPS) is 19.6. The number of nitrogens with two attached hydrogens (primary N) is 1. The van der Waals surface area contributed by atoms with E-state index in [1.165, 1.54) is 29.3 Å². The predicted molar refractivity (Wildman–Crippen MR) is 80.6 cm³/mol. The van der Waals surface area contributed by atoms with E-state index in [0.29, 0.717) is 0 Å². The van der Waals surface area contributed by atoms with Crippen LogP contribution in [0.3, 0.4) is 0 Å². The van der Waals surface area contributed by atoms with Crippen LogP contribution in [0.25, 0.3) is 10.9 Å². The minimum absolute atomic E-state index is 0.115. The Kier molecular flexibility index (Phi) is 4.33. The van der Waals surface area contributed by atoms with E-state index in [1.54, 1.807) is 0 Å². The highest BCUT2D eigenvalue weighted by Gasteiger charge is 2.18. The zero-order chi connectivity index (χ0) is 13.8. The average Bonchev–Trinajstić information content (AvgIpc) is 2.91. The van der Waals surface area contributed by atoms with E-state index in [9.17, 15) is 0 Å². The van der Waals surface area contributed by atoms with Crippen LogP contribution in [-0.4, -0.2) is 22.9 Å². The molecule has 20 heavy (non-hydrogen) atoms. The van der Waals surface area contributed by atoms with Gasteiger partial charge in [0.2, 0.25) is 0 Å². The Balaban J connectivity index is 1.78. The van der Waals surface area contributed by atoms with Crippen LogP contribution in [0.15, 0.2) is 24.4 Å². The molecule has 0 spiro atoms. The molecule has 2 heterocycles. The fourth-order valence-electron chi connectivity index (χ4n) is 2.88. The van der Waals surface area contributed by atoms with Gasteiger partial charge in [0.05, 0.1) is 11.7 Å². The number of aryl methyl sites for hydroxylation is 1. The van der Waals surface area contributed by atoms with Gasteiger partial charge in [-0.1, -0.05) is 6.07 Å². The molecule has 3 rings (SSSR count). The summed E-state index contributed by atoms with van der Waals surface area (Å²) in [5, 5.41) is 5.74. The first-order valence-corrected chi connectivity index (χ1v) is 7.66. The number of aromatic nitrogens is 2. The number of hydrogen-bond acceptors (Lipinski definition) is 3. The number of hydrogen-bond donors (Lipinski definition) is 1. The SMILES string of the molecule is NCCCCc1ccc2c(cnn2C2CCCCO2)c1. The van der Waals surface area contributed by atoms with Gasteiger partial charge in [0.15, 0.2) is 6.23 Å². The first-order valence-electron chi connectivity index (χ1n) is 7.66. The fourth-order valence-corrected chi connectivity index (χ4v) is 2.88. The van der Waals surface area contributed by atoms with Crippen molar-refractivity contribution in [2.75, 3.05) is 13.2 Å². The molecule has 1 aromatic heterocycles. The first-order chi connectivity index (χ1) is 9.88. The van der Waals surface area contributed by atoms with E-state index >= 15 is 0 Å². The molecular formula is C16H23N3O. The second kappa shape index (κ2) is 6.37. The lowest BCUT2D eigenvalue weighted by Crippen LogP contribution is -2.18. The van der Waals surface area contributed by atoms with E-state index in [1.807, 2.05) is 10.9 Å². The summed E-state index contributed by atoms with van der Waals surface area (Å²) in [6.45, 7) is 1.63. The molecule has 1 aliphatic rings. The third-order valence-corrected chi connectivity index (χ3v) is 4.01. The van der Waals surface area contributed by atoms with Crippen LogP contribution in [0.5, 0.6) is 0 Å². The molecule has 1 fully saturated rings. The second-order valence-corrected chi connectivity index (χ2v) is 5.55. The van der Waals surface area contributed by atoms with Crippen LogP contribution in [0.1, 0.15) is 43.9 Å². The summed E-state index contributed by atoms with van der Waals surface area (Å²) in [7, 11) is 0. The molecule has 4 nitrogen and oxygen atoms in total. The van der Waals surface area contributed by atoms with Crippen LogP contribution in [0, 0.1) is 0 Å². The Morgan fingerprint density at radius 1 is 1.30 bits per heavy atom. The highest BCUT2D eigenvalue weighted by atomic mass is 16.5. The Labute approximate surface area is 119 Å². The third-order valence-electron chi connectivity index (χ3n) is 4.01. The molecule has 1 aliphatic heterocycles. The van der Waals surface area contributed by atoms with Gasteiger partial charge in [0, 0.05) is 12.0 Å². The van der Waals surface area contributed by atoms with E-state index in [0.717, 1.165) is 38.8 Å². The average molecular weight is 273 g/mol. The van der Waals surface area contributed by atoms with Crippen molar-refractivity contribution in [2.24, 2.45) is 5.73 Å². The maximum absolute atomic E-state index is 5.83. The predicted octanol–water partition coefficient (Wildman–Crippen LogP) is 3.02. The molecule has 2 aromatic rings. The summed E-state index contributed by atoms with van der Waals surface area (Å²) in [6, 6.07) is 6.64. The Morgan fingerprint density at radius 3 is 3.05 bits per heavy atom. The van der Waals surface area contributed by atoms with E-state index in [-0.39, 0.29) is 6.23 Å². The zero-order valence-electron chi connectivity index (χ0n) is 11.9. The molecule has 108 valence electrons. The molecule has 1 unspecified atom stereocenters. The number of nitrogens with zero attached hydrogens (tertiary/aromatic N) is 2. The maximum atomic E-state index is 5.83. The van der Waals surface area contributed by atoms with Crippen molar-refractivity contribution in [3.05, 3.63) is 30.0 Å². The quantitative estimate of drug-likeness (QED) is 0.852. The van der Waals surface area contributed by atoms with Crippen molar-refractivity contribution >= 4 is 10.9 Å². The lowest BCUT2D eigenvalue weighted by molar-refractivity contribution is -0.0366. The molecule has 4 heteroatoms. The van der Waals surface area contributed by atoms with Crippen LogP contribution in [-0.2, 0) is 11.2 Å². The van der Waals surface area contributed by atoms with Gasteiger partial charge in [-0.3, -0.25) is 0 Å². The van der Waals surface area contributed by atoms with Gasteiger partial charge in [0.25, 0.3) is 0 Å². The van der Waals surface area contributed by atoms with Gasteiger partial charge in [-0.25, -0.2) is 4.68 Å². The highest BCUT2D eigenvalue weighted by molar-refractivity contribution is 5.79. The van der Waals surface area contributed by atoms with Gasteiger partial charge < -0.3 is 10.5 Å². The summed E-state index contributed by atoms with van der Waals surface area (Å²) in [5.41, 5.74) is 8.09. The van der Waals surface area contributed by atoms with Crippen LogP contribution in [0.2, 0.25) is 0 Å². The standard InChI is InChI=1S/C16H23N3O/c17-9-3-1-5-13-7-8-15-14(11-13)12-18-19(15)16-6-2-4-10-20-16/h7-8,11-12,16H,1-6,9-10,17H2. The smallest absolute Gasteiger partial charge is 0.150 e. The third kappa shape index (κ3) is 2.86. The summed E-state index contributed by atoms with van der Waals surface area (Å²) >= 11 is 0. The largest absolute Gasteiger partial charge is 0.356 e. The number of rotatable bonds is 5. The minimum atomic E-state index is 0.115. The van der Waals surface area contributed by atoms with Crippen molar-refractivity contribution in [3.63, 3.8) is 0 Å². The summed E-state index contributed by atoms with van der Waals surface area (Å²) in [5.74, 6) is 0. The number of benzene rings is 1. The minimum Gasteiger partial charge on any atom is -0.356 e. The molecule has 0 bridgehead atoms. The lowest BCUT2D eigenvalue weighted by atomic mass is 10.1. The van der Waals surface area contributed by atoms with E-state index in [2.05, 4.69) is 23.3 Å². The first kappa shape index (κ1) is 13.6. The van der Waals surface area contributed by atoms with Crippen LogP contribution >= 0.6 is 0 Å². The van der Waals surface area contributed by atoms with Crippen molar-refractivity contribution in [3.8, 4) is 0 Å². The molecule has 1 saturated heterocycles. The van der Waals surface area contributed by atoms with Crippen LogP contribution in [0.4, 0.5) is 0 Å². The van der Waals surface area contributed by atoms with Gasteiger partial charge in [0.1, 0.15) is 0 Å². The number of ether oxygens (including phenoxy) is 1. The molecule has 1 aromatic carbocycles. The molecule has 0 amide bonds. The van der Waals surface area contributed by atoms with Crippen molar-refractivity contribution in [2.45, 2.75) is 44.8 Å². The second-order valence-electron chi connectivity index (χ2n) is 5.55. The zero-order valence-corrected chi connectivity index (χ0v) is 11.9. The van der Waals surface area contributed by atoms with Crippen molar-refractivity contribution in [1.82, 2.24) is 9.78 Å². The molecule has 0 saturated carbocycles. The number of fused-ring (bicyclic) bond motifs is 1. The molecule has 1 atom stereocenters. The Bertz CT molecular complexity index is 558. The van der Waals surface area contributed by atoms with E-state index in [4.69, 9.17) is 10.5 Å². The maximum Gasteiger partial charge on any atom is 0.150 e. The van der Waals surface area contributed by atoms with Gasteiger partial charge in [-0.15, -0.1) is 0 Å².